The Labute approximate surface area is 87.8 Å². The van der Waals surface area contributed by atoms with Crippen LogP contribution in [0.2, 0.25) is 0 Å². The molecule has 0 saturated carbocycles. The van der Waals surface area contributed by atoms with Crippen LogP contribution in [0.15, 0.2) is 0 Å². The van der Waals surface area contributed by atoms with E-state index < -0.39 is 0 Å². The van der Waals surface area contributed by atoms with Crippen LogP contribution >= 0.6 is 22.6 Å². The molecule has 0 aromatic heterocycles. The van der Waals surface area contributed by atoms with E-state index in [1.807, 2.05) is 0 Å². The van der Waals surface area contributed by atoms with E-state index in [0.29, 0.717) is 5.54 Å². The molecule has 0 unspecified atom stereocenters. The summed E-state index contributed by atoms with van der Waals surface area (Å²) >= 11 is 2.47. The van der Waals surface area contributed by atoms with E-state index in [1.165, 1.54) is 36.8 Å². The van der Waals surface area contributed by atoms with Crippen LogP contribution in [-0.2, 0) is 4.74 Å². The lowest BCUT2D eigenvalue weighted by Crippen LogP contribution is -2.62. The van der Waals surface area contributed by atoms with Crippen LogP contribution in [-0.4, -0.2) is 41.2 Å². The van der Waals surface area contributed by atoms with Gasteiger partial charge in [-0.25, -0.2) is 0 Å². The summed E-state index contributed by atoms with van der Waals surface area (Å²) in [5.74, 6) is 0. The predicted octanol–water partition coefficient (Wildman–Crippen LogP) is 1.68. The summed E-state index contributed by atoms with van der Waals surface area (Å²) in [5.41, 5.74) is 0.573. The molecule has 12 heavy (non-hydrogen) atoms. The SMILES string of the molecule is ICCN1CCC12CCOCC2. The second kappa shape index (κ2) is 3.80. The van der Waals surface area contributed by atoms with Crippen molar-refractivity contribution in [2.45, 2.75) is 24.8 Å². The maximum Gasteiger partial charge on any atom is 0.0483 e. The number of nitrogens with zero attached hydrogens (tertiary/aromatic N) is 1. The van der Waals surface area contributed by atoms with E-state index in [9.17, 15) is 0 Å². The average molecular weight is 281 g/mol. The van der Waals surface area contributed by atoms with E-state index in [0.717, 1.165) is 13.2 Å². The van der Waals surface area contributed by atoms with Gasteiger partial charge in [-0.05, 0) is 19.3 Å². The Morgan fingerprint density at radius 1 is 1.25 bits per heavy atom. The van der Waals surface area contributed by atoms with Crippen LogP contribution in [0.3, 0.4) is 0 Å². The van der Waals surface area contributed by atoms with Crippen molar-refractivity contribution in [1.29, 1.82) is 0 Å². The summed E-state index contributed by atoms with van der Waals surface area (Å²) in [5, 5.41) is 0. The molecule has 1 spiro atoms. The van der Waals surface area contributed by atoms with E-state index in [-0.39, 0.29) is 0 Å². The smallest absolute Gasteiger partial charge is 0.0483 e. The van der Waals surface area contributed by atoms with Gasteiger partial charge in [0.15, 0.2) is 0 Å². The fourth-order valence-electron chi connectivity index (χ4n) is 2.35. The molecule has 2 aliphatic rings. The van der Waals surface area contributed by atoms with Crippen LogP contribution in [0, 0.1) is 0 Å². The maximum atomic E-state index is 5.40. The first-order chi connectivity index (χ1) is 5.87. The van der Waals surface area contributed by atoms with Crippen molar-refractivity contribution in [3.63, 3.8) is 0 Å². The number of hydrogen-bond acceptors (Lipinski definition) is 2. The zero-order chi connectivity index (χ0) is 8.44. The minimum absolute atomic E-state index is 0.573. The number of hydrogen-bond donors (Lipinski definition) is 0. The number of halogens is 1. The number of ether oxygens (including phenoxy) is 1. The minimum Gasteiger partial charge on any atom is -0.381 e. The lowest BCUT2D eigenvalue weighted by molar-refractivity contribution is -0.0858. The van der Waals surface area contributed by atoms with Crippen LogP contribution in [0.1, 0.15) is 19.3 Å². The highest BCUT2D eigenvalue weighted by Gasteiger charge is 2.44. The topological polar surface area (TPSA) is 12.5 Å². The van der Waals surface area contributed by atoms with E-state index in [4.69, 9.17) is 4.74 Å². The van der Waals surface area contributed by atoms with Crippen molar-refractivity contribution in [3.05, 3.63) is 0 Å². The Morgan fingerprint density at radius 2 is 2.00 bits per heavy atom. The molecular weight excluding hydrogens is 265 g/mol. The molecule has 0 aromatic carbocycles. The molecule has 2 saturated heterocycles. The lowest BCUT2D eigenvalue weighted by Gasteiger charge is -2.55. The Hall–Kier alpha value is 0.650. The molecule has 2 nitrogen and oxygen atoms in total. The molecule has 0 aliphatic carbocycles. The molecule has 0 radical (unpaired) electrons. The minimum atomic E-state index is 0.573. The predicted molar refractivity (Wildman–Crippen MR) is 57.9 cm³/mol. The molecule has 0 aromatic rings. The van der Waals surface area contributed by atoms with Gasteiger partial charge in [0.25, 0.3) is 0 Å². The highest BCUT2D eigenvalue weighted by Crippen LogP contribution is 2.38. The Bertz CT molecular complexity index is 157. The normalized spacial score (nSPS) is 28.8. The summed E-state index contributed by atoms with van der Waals surface area (Å²) < 4.78 is 6.66. The van der Waals surface area contributed by atoms with Crippen molar-refractivity contribution in [1.82, 2.24) is 4.90 Å². The van der Waals surface area contributed by atoms with Gasteiger partial charge in [-0.15, -0.1) is 0 Å². The van der Waals surface area contributed by atoms with Gasteiger partial charge in [0, 0.05) is 36.3 Å². The summed E-state index contributed by atoms with van der Waals surface area (Å²) in [6, 6.07) is 0. The summed E-state index contributed by atoms with van der Waals surface area (Å²) in [4.78, 5) is 2.65. The van der Waals surface area contributed by atoms with Crippen LogP contribution in [0.25, 0.3) is 0 Å². The van der Waals surface area contributed by atoms with Gasteiger partial charge in [0.1, 0.15) is 0 Å². The molecule has 70 valence electrons. The van der Waals surface area contributed by atoms with Gasteiger partial charge in [-0.3, -0.25) is 4.90 Å². The fraction of sp³-hybridized carbons (Fsp3) is 1.00. The number of likely N-dealkylation sites (tertiary alicyclic amines) is 1. The second-order valence-electron chi connectivity index (χ2n) is 3.76. The van der Waals surface area contributed by atoms with E-state index in [1.54, 1.807) is 0 Å². The van der Waals surface area contributed by atoms with Crippen molar-refractivity contribution < 1.29 is 4.74 Å². The third-order valence-electron chi connectivity index (χ3n) is 3.30. The Kier molecular flexibility index (Phi) is 2.92. The van der Waals surface area contributed by atoms with Gasteiger partial charge >= 0.3 is 0 Å². The first kappa shape index (κ1) is 9.21. The van der Waals surface area contributed by atoms with E-state index >= 15 is 0 Å². The lowest BCUT2D eigenvalue weighted by atomic mass is 9.78. The Morgan fingerprint density at radius 3 is 2.50 bits per heavy atom. The number of rotatable bonds is 2. The summed E-state index contributed by atoms with van der Waals surface area (Å²) in [6.07, 6.45) is 3.94. The molecule has 2 heterocycles. The third kappa shape index (κ3) is 1.51. The van der Waals surface area contributed by atoms with Gasteiger partial charge < -0.3 is 4.74 Å². The second-order valence-corrected chi connectivity index (χ2v) is 4.84. The summed E-state index contributed by atoms with van der Waals surface area (Å²) in [6.45, 7) is 4.57. The maximum absolute atomic E-state index is 5.40. The van der Waals surface area contributed by atoms with Crippen molar-refractivity contribution in [3.8, 4) is 0 Å². The molecule has 0 N–H and O–H groups in total. The standard InChI is InChI=1S/C9H16INO/c10-4-6-11-5-1-9(11)2-7-12-8-3-9/h1-8H2. The highest BCUT2D eigenvalue weighted by atomic mass is 127. The van der Waals surface area contributed by atoms with Crippen LogP contribution in [0.4, 0.5) is 0 Å². The third-order valence-corrected chi connectivity index (χ3v) is 3.78. The quantitative estimate of drug-likeness (QED) is 0.564. The molecule has 0 bridgehead atoms. The molecule has 2 fully saturated rings. The Balaban J connectivity index is 1.91. The van der Waals surface area contributed by atoms with E-state index in [2.05, 4.69) is 27.5 Å². The monoisotopic (exact) mass is 281 g/mol. The van der Waals surface area contributed by atoms with Crippen molar-refractivity contribution >= 4 is 22.6 Å². The van der Waals surface area contributed by atoms with Crippen molar-refractivity contribution in [2.75, 3.05) is 30.7 Å². The first-order valence-corrected chi connectivity index (χ1v) is 6.29. The largest absolute Gasteiger partial charge is 0.381 e. The van der Waals surface area contributed by atoms with Crippen LogP contribution in [0.5, 0.6) is 0 Å². The molecule has 0 amide bonds. The van der Waals surface area contributed by atoms with Gasteiger partial charge in [0.05, 0.1) is 0 Å². The fourth-order valence-corrected chi connectivity index (χ4v) is 2.94. The molecule has 0 atom stereocenters. The molecular formula is C9H16INO. The number of alkyl halides is 1. The van der Waals surface area contributed by atoms with Crippen LogP contribution < -0.4 is 0 Å². The zero-order valence-corrected chi connectivity index (χ0v) is 9.55. The molecule has 2 aliphatic heterocycles. The zero-order valence-electron chi connectivity index (χ0n) is 7.39. The summed E-state index contributed by atoms with van der Waals surface area (Å²) in [7, 11) is 0. The van der Waals surface area contributed by atoms with Crippen molar-refractivity contribution in [2.24, 2.45) is 0 Å². The first-order valence-electron chi connectivity index (χ1n) is 4.76. The van der Waals surface area contributed by atoms with Gasteiger partial charge in [0.2, 0.25) is 0 Å². The van der Waals surface area contributed by atoms with Gasteiger partial charge in [-0.1, -0.05) is 22.6 Å². The highest BCUT2D eigenvalue weighted by molar-refractivity contribution is 14.1. The van der Waals surface area contributed by atoms with Gasteiger partial charge in [-0.2, -0.15) is 0 Å². The average Bonchev–Trinajstić information content (AvgIpc) is 2.14. The molecule has 2 rings (SSSR count). The molecule has 3 heteroatoms.